The molecule has 0 aromatic heterocycles. The van der Waals surface area contributed by atoms with Crippen molar-refractivity contribution in [2.75, 3.05) is 13.2 Å². The number of fused-ring (bicyclic) bond motifs is 1. The van der Waals surface area contributed by atoms with E-state index >= 15 is 0 Å². The lowest BCUT2D eigenvalue weighted by atomic mass is 9.99. The molecule has 2 unspecified atom stereocenters. The summed E-state index contributed by atoms with van der Waals surface area (Å²) < 4.78 is 5.90. The second kappa shape index (κ2) is 6.24. The van der Waals surface area contributed by atoms with Crippen LogP contribution in [0, 0.1) is 12.8 Å². The van der Waals surface area contributed by atoms with Gasteiger partial charge in [0.1, 0.15) is 5.75 Å². The van der Waals surface area contributed by atoms with E-state index in [-0.39, 0.29) is 0 Å². The third-order valence-electron chi connectivity index (χ3n) is 3.91. The van der Waals surface area contributed by atoms with Crippen molar-refractivity contribution in [1.82, 2.24) is 5.32 Å². The predicted octanol–water partition coefficient (Wildman–Crippen LogP) is 3.84. The highest BCUT2D eigenvalue weighted by molar-refractivity contribution is 5.43. The molecular formula is C16H25NO. The molecule has 1 heterocycles. The first-order valence-electron chi connectivity index (χ1n) is 7.18. The highest BCUT2D eigenvalue weighted by Crippen LogP contribution is 2.33. The van der Waals surface area contributed by atoms with Crippen molar-refractivity contribution in [3.05, 3.63) is 29.3 Å². The van der Waals surface area contributed by atoms with Crippen LogP contribution < -0.4 is 10.1 Å². The van der Waals surface area contributed by atoms with Crippen molar-refractivity contribution in [1.29, 1.82) is 0 Å². The van der Waals surface area contributed by atoms with Gasteiger partial charge in [0.25, 0.3) is 0 Å². The van der Waals surface area contributed by atoms with E-state index in [1.54, 1.807) is 0 Å². The molecule has 0 bridgehead atoms. The summed E-state index contributed by atoms with van der Waals surface area (Å²) >= 11 is 0. The van der Waals surface area contributed by atoms with E-state index in [0.29, 0.717) is 6.04 Å². The minimum absolute atomic E-state index is 0.455. The Morgan fingerprint density at radius 1 is 1.44 bits per heavy atom. The van der Waals surface area contributed by atoms with Crippen LogP contribution in [0.25, 0.3) is 0 Å². The molecule has 1 aromatic rings. The van der Waals surface area contributed by atoms with Gasteiger partial charge in [0, 0.05) is 11.6 Å². The molecule has 2 atom stereocenters. The first-order chi connectivity index (χ1) is 8.72. The number of aryl methyl sites for hydroxylation is 1. The Bertz CT molecular complexity index is 389. The normalized spacial score (nSPS) is 20.7. The van der Waals surface area contributed by atoms with Crippen LogP contribution in [0.15, 0.2) is 18.2 Å². The summed E-state index contributed by atoms with van der Waals surface area (Å²) in [7, 11) is 0. The highest BCUT2D eigenvalue weighted by Gasteiger charge is 2.20. The van der Waals surface area contributed by atoms with E-state index in [0.717, 1.165) is 31.2 Å². The average Bonchev–Trinajstić information content (AvgIpc) is 2.59. The number of benzene rings is 1. The van der Waals surface area contributed by atoms with Crippen molar-refractivity contribution in [2.45, 2.75) is 46.1 Å². The summed E-state index contributed by atoms with van der Waals surface area (Å²) in [5.74, 6) is 1.85. The number of ether oxygens (including phenoxy) is 1. The number of rotatable bonds is 4. The van der Waals surface area contributed by atoms with Crippen molar-refractivity contribution in [3.8, 4) is 5.75 Å². The number of hydrogen-bond acceptors (Lipinski definition) is 2. The average molecular weight is 247 g/mol. The molecule has 0 fully saturated rings. The van der Waals surface area contributed by atoms with E-state index in [1.165, 1.54) is 24.0 Å². The fourth-order valence-electron chi connectivity index (χ4n) is 2.46. The van der Waals surface area contributed by atoms with Gasteiger partial charge in [-0.15, -0.1) is 0 Å². The second-order valence-electron chi connectivity index (χ2n) is 5.46. The van der Waals surface area contributed by atoms with Crippen molar-refractivity contribution >= 4 is 0 Å². The first-order valence-corrected chi connectivity index (χ1v) is 7.18. The standard InChI is InChI=1S/C16H25NO/c1-4-12(2)11-17-15-9-6-10-18-16-13(3)7-5-8-14(15)16/h5,7-8,12,15,17H,4,6,9-11H2,1-3H3. The maximum atomic E-state index is 5.90. The molecule has 0 radical (unpaired) electrons. The first kappa shape index (κ1) is 13.4. The van der Waals surface area contributed by atoms with Gasteiger partial charge < -0.3 is 10.1 Å². The van der Waals surface area contributed by atoms with Crippen LogP contribution in [0.2, 0.25) is 0 Å². The summed E-state index contributed by atoms with van der Waals surface area (Å²) in [6.45, 7) is 8.63. The maximum Gasteiger partial charge on any atom is 0.126 e. The van der Waals surface area contributed by atoms with E-state index in [2.05, 4.69) is 44.3 Å². The SMILES string of the molecule is CCC(C)CNC1CCCOc2c(C)cccc21. The van der Waals surface area contributed by atoms with Gasteiger partial charge in [-0.2, -0.15) is 0 Å². The van der Waals surface area contributed by atoms with Crippen LogP contribution >= 0.6 is 0 Å². The van der Waals surface area contributed by atoms with E-state index in [4.69, 9.17) is 4.74 Å². The molecule has 100 valence electrons. The minimum Gasteiger partial charge on any atom is -0.493 e. The molecule has 18 heavy (non-hydrogen) atoms. The molecule has 1 aromatic carbocycles. The molecule has 1 aliphatic heterocycles. The lowest BCUT2D eigenvalue weighted by molar-refractivity contribution is 0.313. The van der Waals surface area contributed by atoms with Gasteiger partial charge in [-0.1, -0.05) is 38.5 Å². The molecule has 2 heteroatoms. The van der Waals surface area contributed by atoms with Crippen molar-refractivity contribution in [2.24, 2.45) is 5.92 Å². The van der Waals surface area contributed by atoms with Gasteiger partial charge in [-0.3, -0.25) is 0 Å². The number of nitrogens with one attached hydrogen (secondary N) is 1. The Labute approximate surface area is 111 Å². The summed E-state index contributed by atoms with van der Waals surface area (Å²) in [5.41, 5.74) is 2.60. The third-order valence-corrected chi connectivity index (χ3v) is 3.91. The van der Waals surface area contributed by atoms with Gasteiger partial charge in [0.2, 0.25) is 0 Å². The summed E-state index contributed by atoms with van der Waals surface area (Å²) in [5, 5.41) is 3.72. The highest BCUT2D eigenvalue weighted by atomic mass is 16.5. The summed E-state index contributed by atoms with van der Waals surface area (Å²) in [4.78, 5) is 0. The fraction of sp³-hybridized carbons (Fsp3) is 0.625. The quantitative estimate of drug-likeness (QED) is 0.872. The van der Waals surface area contributed by atoms with Crippen LogP contribution in [0.5, 0.6) is 5.75 Å². The third kappa shape index (κ3) is 3.05. The van der Waals surface area contributed by atoms with E-state index in [1.807, 2.05) is 0 Å². The molecule has 0 saturated carbocycles. The zero-order valence-corrected chi connectivity index (χ0v) is 11.8. The van der Waals surface area contributed by atoms with Crippen LogP contribution in [-0.4, -0.2) is 13.2 Å². The van der Waals surface area contributed by atoms with Crippen molar-refractivity contribution < 1.29 is 4.74 Å². The zero-order valence-electron chi connectivity index (χ0n) is 11.8. The molecule has 0 amide bonds. The lowest BCUT2D eigenvalue weighted by Gasteiger charge is -2.21. The van der Waals surface area contributed by atoms with Gasteiger partial charge in [0.15, 0.2) is 0 Å². The Morgan fingerprint density at radius 3 is 3.06 bits per heavy atom. The number of hydrogen-bond donors (Lipinski definition) is 1. The molecule has 1 aliphatic rings. The molecule has 2 rings (SSSR count). The minimum atomic E-state index is 0.455. The molecule has 0 aliphatic carbocycles. The Kier molecular flexibility index (Phi) is 4.65. The van der Waals surface area contributed by atoms with Gasteiger partial charge in [0.05, 0.1) is 6.61 Å². The molecule has 0 spiro atoms. The molecule has 1 N–H and O–H groups in total. The second-order valence-corrected chi connectivity index (χ2v) is 5.46. The topological polar surface area (TPSA) is 21.3 Å². The number of para-hydroxylation sites is 1. The maximum absolute atomic E-state index is 5.90. The van der Waals surface area contributed by atoms with Gasteiger partial charge in [-0.05, 0) is 37.8 Å². The van der Waals surface area contributed by atoms with Crippen LogP contribution in [-0.2, 0) is 0 Å². The Balaban J connectivity index is 2.14. The lowest BCUT2D eigenvalue weighted by Crippen LogP contribution is -2.26. The molecule has 2 nitrogen and oxygen atoms in total. The zero-order chi connectivity index (χ0) is 13.0. The predicted molar refractivity (Wildman–Crippen MR) is 76.1 cm³/mol. The van der Waals surface area contributed by atoms with Crippen molar-refractivity contribution in [3.63, 3.8) is 0 Å². The molecule has 0 saturated heterocycles. The monoisotopic (exact) mass is 247 g/mol. The van der Waals surface area contributed by atoms with Gasteiger partial charge >= 0.3 is 0 Å². The fourth-order valence-corrected chi connectivity index (χ4v) is 2.46. The van der Waals surface area contributed by atoms with E-state index in [9.17, 15) is 0 Å². The van der Waals surface area contributed by atoms with Crippen LogP contribution in [0.4, 0.5) is 0 Å². The Hall–Kier alpha value is -1.02. The summed E-state index contributed by atoms with van der Waals surface area (Å²) in [6, 6.07) is 6.94. The van der Waals surface area contributed by atoms with Gasteiger partial charge in [-0.25, -0.2) is 0 Å². The molecular weight excluding hydrogens is 222 g/mol. The summed E-state index contributed by atoms with van der Waals surface area (Å²) in [6.07, 6.45) is 3.54. The Morgan fingerprint density at radius 2 is 2.28 bits per heavy atom. The van der Waals surface area contributed by atoms with Crippen LogP contribution in [0.3, 0.4) is 0 Å². The largest absolute Gasteiger partial charge is 0.493 e. The van der Waals surface area contributed by atoms with E-state index < -0.39 is 0 Å². The smallest absolute Gasteiger partial charge is 0.126 e. The van der Waals surface area contributed by atoms with Crippen LogP contribution in [0.1, 0.15) is 50.3 Å².